The molecule has 0 radical (unpaired) electrons. The Morgan fingerprint density at radius 1 is 1.47 bits per heavy atom. The van der Waals surface area contributed by atoms with Gasteiger partial charge in [0.05, 0.1) is 0 Å². The van der Waals surface area contributed by atoms with E-state index in [2.05, 4.69) is 22.0 Å². The zero-order valence-electron chi connectivity index (χ0n) is 8.95. The third kappa shape index (κ3) is 2.43. The van der Waals surface area contributed by atoms with Crippen molar-refractivity contribution in [2.45, 2.75) is 38.6 Å². The van der Waals surface area contributed by atoms with Crippen molar-refractivity contribution in [1.82, 2.24) is 10.2 Å². The van der Waals surface area contributed by atoms with Crippen molar-refractivity contribution < 1.29 is 4.42 Å². The second kappa shape index (κ2) is 4.84. The molecule has 0 bridgehead atoms. The molecule has 0 spiro atoms. The van der Waals surface area contributed by atoms with Gasteiger partial charge in [-0.3, -0.25) is 0 Å². The summed E-state index contributed by atoms with van der Waals surface area (Å²) in [7, 11) is 0. The van der Waals surface area contributed by atoms with Crippen LogP contribution in [0.4, 0.5) is 6.01 Å². The second-order valence-corrected chi connectivity index (χ2v) is 4.33. The molecule has 1 aliphatic rings. The van der Waals surface area contributed by atoms with Crippen LogP contribution in [-0.4, -0.2) is 28.7 Å². The van der Waals surface area contributed by atoms with Crippen LogP contribution in [0, 0.1) is 0 Å². The first kappa shape index (κ1) is 10.7. The van der Waals surface area contributed by atoms with E-state index in [9.17, 15) is 0 Å². The van der Waals surface area contributed by atoms with Crippen LogP contribution in [0.2, 0.25) is 0 Å². The van der Waals surface area contributed by atoms with E-state index >= 15 is 0 Å². The molecule has 1 saturated heterocycles. The summed E-state index contributed by atoms with van der Waals surface area (Å²) in [6.45, 7) is 3.22. The fourth-order valence-electron chi connectivity index (χ4n) is 1.92. The van der Waals surface area contributed by atoms with E-state index in [1.165, 1.54) is 19.3 Å². The highest BCUT2D eigenvalue weighted by Gasteiger charge is 2.22. The van der Waals surface area contributed by atoms with E-state index in [1.807, 2.05) is 0 Å². The number of rotatable bonds is 3. The van der Waals surface area contributed by atoms with Crippen molar-refractivity contribution >= 4 is 17.6 Å². The van der Waals surface area contributed by atoms with Crippen molar-refractivity contribution in [2.24, 2.45) is 0 Å². The van der Waals surface area contributed by atoms with E-state index in [0.717, 1.165) is 6.54 Å². The first-order chi connectivity index (χ1) is 7.31. The Kier molecular flexibility index (Phi) is 3.46. The molecule has 1 fully saturated rings. The van der Waals surface area contributed by atoms with Crippen molar-refractivity contribution in [3.63, 3.8) is 0 Å². The highest BCUT2D eigenvalue weighted by molar-refractivity contribution is 6.17. The normalized spacial score (nSPS) is 22.0. The number of piperidine rings is 1. The smallest absolute Gasteiger partial charge is 0.318 e. The van der Waals surface area contributed by atoms with Gasteiger partial charge < -0.3 is 9.32 Å². The van der Waals surface area contributed by atoms with E-state index in [4.69, 9.17) is 16.0 Å². The van der Waals surface area contributed by atoms with Crippen LogP contribution in [0.25, 0.3) is 0 Å². The maximum atomic E-state index is 5.62. The Bertz CT molecular complexity index is 315. The maximum Gasteiger partial charge on any atom is 0.318 e. The van der Waals surface area contributed by atoms with Crippen LogP contribution in [0.1, 0.15) is 32.1 Å². The van der Waals surface area contributed by atoms with Crippen LogP contribution >= 0.6 is 11.6 Å². The molecular formula is C10H16ClN3O. The summed E-state index contributed by atoms with van der Waals surface area (Å²) < 4.78 is 5.55. The zero-order valence-corrected chi connectivity index (χ0v) is 9.70. The van der Waals surface area contributed by atoms with Crippen LogP contribution in [0.5, 0.6) is 0 Å². The quantitative estimate of drug-likeness (QED) is 0.746. The molecule has 0 aromatic carbocycles. The Labute approximate surface area is 94.6 Å². The summed E-state index contributed by atoms with van der Waals surface area (Å²) in [6.07, 6.45) is 4.35. The number of hydrogen-bond acceptors (Lipinski definition) is 4. The molecule has 0 saturated carbocycles. The van der Waals surface area contributed by atoms with Gasteiger partial charge in [-0.15, -0.1) is 16.7 Å². The number of aromatic nitrogens is 2. The highest BCUT2D eigenvalue weighted by Crippen LogP contribution is 2.23. The Morgan fingerprint density at radius 2 is 2.33 bits per heavy atom. The molecule has 0 N–H and O–H groups in total. The lowest BCUT2D eigenvalue weighted by molar-refractivity contribution is 0.422. The van der Waals surface area contributed by atoms with Gasteiger partial charge in [-0.1, -0.05) is 5.10 Å². The maximum absolute atomic E-state index is 5.62. The van der Waals surface area contributed by atoms with Gasteiger partial charge in [0.15, 0.2) is 0 Å². The summed E-state index contributed by atoms with van der Waals surface area (Å²) in [5, 5.41) is 8.03. The average Bonchev–Trinajstić information content (AvgIpc) is 2.68. The minimum Gasteiger partial charge on any atom is -0.408 e. The summed E-state index contributed by atoms with van der Waals surface area (Å²) in [5.41, 5.74) is 0. The number of alkyl halides is 1. The van der Waals surface area contributed by atoms with Crippen LogP contribution < -0.4 is 4.90 Å². The minimum absolute atomic E-state index is 0.503. The SMILES string of the molecule is CC1CCCCN1c1nnc(CCCl)o1. The molecule has 1 atom stereocenters. The standard InChI is InChI=1S/C10H16ClN3O/c1-8-4-2-3-7-14(8)10-13-12-9(15-10)5-6-11/h8H,2-7H2,1H3. The number of aryl methyl sites for hydroxylation is 1. The van der Waals surface area contributed by atoms with Crippen LogP contribution in [0.3, 0.4) is 0 Å². The summed E-state index contributed by atoms with van der Waals surface area (Å²) in [5.74, 6) is 1.16. The second-order valence-electron chi connectivity index (χ2n) is 3.96. The molecule has 2 heterocycles. The predicted octanol–water partition coefficient (Wildman–Crippen LogP) is 2.23. The molecule has 0 amide bonds. The van der Waals surface area contributed by atoms with Gasteiger partial charge in [0.25, 0.3) is 0 Å². The Balaban J connectivity index is 2.06. The molecule has 1 aromatic heterocycles. The van der Waals surface area contributed by atoms with Gasteiger partial charge >= 0.3 is 6.01 Å². The zero-order chi connectivity index (χ0) is 10.7. The number of halogens is 1. The third-order valence-electron chi connectivity index (χ3n) is 2.81. The lowest BCUT2D eigenvalue weighted by Crippen LogP contribution is -2.37. The molecule has 1 aliphatic heterocycles. The lowest BCUT2D eigenvalue weighted by Gasteiger charge is -2.31. The highest BCUT2D eigenvalue weighted by atomic mass is 35.5. The van der Waals surface area contributed by atoms with Gasteiger partial charge in [-0.2, -0.15) is 0 Å². The largest absolute Gasteiger partial charge is 0.408 e. The molecule has 84 valence electrons. The molecular weight excluding hydrogens is 214 g/mol. The van der Waals surface area contributed by atoms with E-state index in [-0.39, 0.29) is 0 Å². The van der Waals surface area contributed by atoms with Gasteiger partial charge in [0.2, 0.25) is 5.89 Å². The molecule has 2 rings (SSSR count). The van der Waals surface area contributed by atoms with Crippen LogP contribution in [-0.2, 0) is 6.42 Å². The molecule has 5 heteroatoms. The fraction of sp³-hybridized carbons (Fsp3) is 0.800. The third-order valence-corrected chi connectivity index (χ3v) is 3.00. The van der Waals surface area contributed by atoms with E-state index in [1.54, 1.807) is 0 Å². The van der Waals surface area contributed by atoms with Gasteiger partial charge in [0, 0.05) is 24.9 Å². The molecule has 1 aromatic rings. The van der Waals surface area contributed by atoms with Crippen molar-refractivity contribution in [1.29, 1.82) is 0 Å². The monoisotopic (exact) mass is 229 g/mol. The number of anilines is 1. The molecule has 15 heavy (non-hydrogen) atoms. The average molecular weight is 230 g/mol. The van der Waals surface area contributed by atoms with Crippen LogP contribution in [0.15, 0.2) is 4.42 Å². The lowest BCUT2D eigenvalue weighted by atomic mass is 10.0. The predicted molar refractivity (Wildman–Crippen MR) is 59.4 cm³/mol. The van der Waals surface area contributed by atoms with E-state index in [0.29, 0.717) is 30.2 Å². The summed E-state index contributed by atoms with van der Waals surface area (Å²) in [4.78, 5) is 2.19. The topological polar surface area (TPSA) is 42.2 Å². The Morgan fingerprint density at radius 3 is 3.07 bits per heavy atom. The van der Waals surface area contributed by atoms with Crippen molar-refractivity contribution in [3.05, 3.63) is 5.89 Å². The summed E-state index contributed by atoms with van der Waals surface area (Å²) >= 11 is 5.62. The Hall–Kier alpha value is -0.770. The van der Waals surface area contributed by atoms with Gasteiger partial charge in [-0.25, -0.2) is 0 Å². The first-order valence-electron chi connectivity index (χ1n) is 5.46. The van der Waals surface area contributed by atoms with Crippen molar-refractivity contribution in [3.8, 4) is 0 Å². The molecule has 4 nitrogen and oxygen atoms in total. The van der Waals surface area contributed by atoms with Gasteiger partial charge in [-0.05, 0) is 26.2 Å². The van der Waals surface area contributed by atoms with E-state index < -0.39 is 0 Å². The molecule has 0 aliphatic carbocycles. The van der Waals surface area contributed by atoms with Crippen molar-refractivity contribution in [2.75, 3.05) is 17.3 Å². The molecule has 1 unspecified atom stereocenters. The number of nitrogens with zero attached hydrogens (tertiary/aromatic N) is 3. The summed E-state index contributed by atoms with van der Waals surface area (Å²) in [6, 6.07) is 1.16. The van der Waals surface area contributed by atoms with Gasteiger partial charge in [0.1, 0.15) is 0 Å². The fourth-order valence-corrected chi connectivity index (χ4v) is 2.09. The minimum atomic E-state index is 0.503. The number of hydrogen-bond donors (Lipinski definition) is 0. The first-order valence-corrected chi connectivity index (χ1v) is 5.99.